The summed E-state index contributed by atoms with van der Waals surface area (Å²) in [5.74, 6) is 1.19. The van der Waals surface area contributed by atoms with Crippen LogP contribution in [0.4, 0.5) is 10.4 Å². The highest BCUT2D eigenvalue weighted by Gasteiger charge is 2.28. The fourth-order valence-corrected chi connectivity index (χ4v) is 5.27. The maximum Gasteiger partial charge on any atom is 0.316 e. The Balaban J connectivity index is 1.23. The summed E-state index contributed by atoms with van der Waals surface area (Å²) in [6.07, 6.45) is 6.15. The fraction of sp³-hybridized carbons (Fsp3) is 0.391. The lowest BCUT2D eigenvalue weighted by molar-refractivity contribution is 0.299. The number of rotatable bonds is 5. The van der Waals surface area contributed by atoms with Crippen molar-refractivity contribution < 1.29 is 8.81 Å². The molecule has 1 aliphatic rings. The van der Waals surface area contributed by atoms with E-state index in [1.165, 1.54) is 23.0 Å². The molecule has 3 aromatic heterocycles. The van der Waals surface area contributed by atoms with Gasteiger partial charge in [-0.2, -0.15) is 0 Å². The van der Waals surface area contributed by atoms with Crippen LogP contribution in [-0.2, 0) is 0 Å². The van der Waals surface area contributed by atoms with Gasteiger partial charge in [0, 0.05) is 28.7 Å². The monoisotopic (exact) mass is 437 g/mol. The minimum atomic E-state index is -0.208. The van der Waals surface area contributed by atoms with E-state index in [9.17, 15) is 4.39 Å². The molecular formula is C23H24FN5OS. The second-order valence-electron chi connectivity index (χ2n) is 8.31. The highest BCUT2D eigenvalue weighted by molar-refractivity contribution is 7.13. The quantitative estimate of drug-likeness (QED) is 0.415. The SMILES string of the molecule is Cc1csc(-c2nnc(N[C@H](C)C3CCC(c4ccnc5ccc(F)cc45)CC3)o2)n1. The molecule has 1 fully saturated rings. The van der Waals surface area contributed by atoms with Gasteiger partial charge in [0.1, 0.15) is 5.82 Å². The van der Waals surface area contributed by atoms with Gasteiger partial charge in [0.15, 0.2) is 5.01 Å². The molecule has 1 saturated carbocycles. The van der Waals surface area contributed by atoms with Crippen LogP contribution < -0.4 is 5.32 Å². The molecule has 0 radical (unpaired) electrons. The summed E-state index contributed by atoms with van der Waals surface area (Å²) in [5, 5.41) is 15.3. The van der Waals surface area contributed by atoms with E-state index in [-0.39, 0.29) is 11.9 Å². The van der Waals surface area contributed by atoms with Crippen molar-refractivity contribution in [2.24, 2.45) is 5.92 Å². The number of nitrogens with one attached hydrogen (secondary N) is 1. The number of halogens is 1. The topological polar surface area (TPSA) is 76.7 Å². The molecule has 4 aromatic rings. The van der Waals surface area contributed by atoms with Gasteiger partial charge in [-0.3, -0.25) is 4.98 Å². The highest BCUT2D eigenvalue weighted by atomic mass is 32.1. The molecule has 0 spiro atoms. The van der Waals surface area contributed by atoms with Gasteiger partial charge < -0.3 is 9.73 Å². The lowest BCUT2D eigenvalue weighted by atomic mass is 9.75. The van der Waals surface area contributed by atoms with Gasteiger partial charge in [-0.25, -0.2) is 9.37 Å². The number of thiazole rings is 1. The largest absolute Gasteiger partial charge is 0.401 e. The summed E-state index contributed by atoms with van der Waals surface area (Å²) in [5.41, 5.74) is 3.02. The van der Waals surface area contributed by atoms with Crippen LogP contribution in [0, 0.1) is 18.7 Å². The van der Waals surface area contributed by atoms with Crippen LogP contribution in [0.5, 0.6) is 0 Å². The minimum absolute atomic E-state index is 0.208. The Kier molecular flexibility index (Phi) is 5.40. The number of anilines is 1. The fourth-order valence-electron chi connectivity index (χ4n) is 4.56. The van der Waals surface area contributed by atoms with Crippen LogP contribution in [0.3, 0.4) is 0 Å². The summed E-state index contributed by atoms with van der Waals surface area (Å²) in [6, 6.07) is 7.56. The van der Waals surface area contributed by atoms with E-state index in [0.29, 0.717) is 23.7 Å². The first-order chi connectivity index (χ1) is 15.1. The average molecular weight is 438 g/mol. The Morgan fingerprint density at radius 1 is 1.16 bits per heavy atom. The third-order valence-electron chi connectivity index (χ3n) is 6.23. The average Bonchev–Trinajstić information content (AvgIpc) is 3.42. The lowest BCUT2D eigenvalue weighted by Gasteiger charge is -2.32. The van der Waals surface area contributed by atoms with E-state index in [2.05, 4.69) is 38.5 Å². The van der Waals surface area contributed by atoms with Crippen LogP contribution in [0.2, 0.25) is 0 Å². The Morgan fingerprint density at radius 3 is 2.77 bits per heavy atom. The molecule has 3 heterocycles. The molecule has 1 N–H and O–H groups in total. The second-order valence-corrected chi connectivity index (χ2v) is 9.17. The van der Waals surface area contributed by atoms with Gasteiger partial charge in [0.25, 0.3) is 5.89 Å². The summed E-state index contributed by atoms with van der Waals surface area (Å²) >= 11 is 1.50. The molecule has 160 valence electrons. The van der Waals surface area contributed by atoms with E-state index in [4.69, 9.17) is 4.42 Å². The van der Waals surface area contributed by atoms with E-state index in [1.54, 1.807) is 12.1 Å². The molecule has 31 heavy (non-hydrogen) atoms. The Morgan fingerprint density at radius 2 is 2.00 bits per heavy atom. The van der Waals surface area contributed by atoms with E-state index >= 15 is 0 Å². The number of fused-ring (bicyclic) bond motifs is 1. The van der Waals surface area contributed by atoms with Crippen LogP contribution in [0.25, 0.3) is 21.8 Å². The number of hydrogen-bond acceptors (Lipinski definition) is 7. The first-order valence-corrected chi connectivity index (χ1v) is 11.5. The number of benzene rings is 1. The predicted octanol–water partition coefficient (Wildman–Crippen LogP) is 5.96. The van der Waals surface area contributed by atoms with E-state index in [1.807, 2.05) is 18.5 Å². The van der Waals surface area contributed by atoms with Gasteiger partial charge in [-0.1, -0.05) is 5.10 Å². The Hall–Kier alpha value is -2.87. The van der Waals surface area contributed by atoms with Crippen molar-refractivity contribution in [3.8, 4) is 10.9 Å². The van der Waals surface area contributed by atoms with Crippen molar-refractivity contribution in [2.75, 3.05) is 5.32 Å². The third-order valence-corrected chi connectivity index (χ3v) is 7.18. The molecule has 8 heteroatoms. The summed E-state index contributed by atoms with van der Waals surface area (Å²) < 4.78 is 19.6. The second kappa shape index (κ2) is 8.34. The van der Waals surface area contributed by atoms with Crippen molar-refractivity contribution in [1.82, 2.24) is 20.2 Å². The molecule has 6 nitrogen and oxygen atoms in total. The molecule has 1 aromatic carbocycles. The maximum absolute atomic E-state index is 13.8. The number of aromatic nitrogens is 4. The molecule has 5 rings (SSSR count). The molecule has 0 amide bonds. The molecule has 0 bridgehead atoms. The van der Waals surface area contributed by atoms with Gasteiger partial charge in [-0.05, 0) is 81.2 Å². The number of hydrogen-bond donors (Lipinski definition) is 1. The first kappa shape index (κ1) is 20.1. The Bertz CT molecular complexity index is 1200. The number of pyridine rings is 1. The molecule has 1 atom stereocenters. The van der Waals surface area contributed by atoms with Crippen molar-refractivity contribution in [1.29, 1.82) is 0 Å². The zero-order valence-electron chi connectivity index (χ0n) is 17.5. The number of aryl methyl sites for hydroxylation is 1. The van der Waals surface area contributed by atoms with Gasteiger partial charge in [0.2, 0.25) is 0 Å². The van der Waals surface area contributed by atoms with E-state index < -0.39 is 0 Å². The van der Waals surface area contributed by atoms with Crippen molar-refractivity contribution >= 4 is 28.3 Å². The third kappa shape index (κ3) is 4.17. The summed E-state index contributed by atoms with van der Waals surface area (Å²) in [4.78, 5) is 8.78. The first-order valence-electron chi connectivity index (χ1n) is 10.6. The molecule has 0 unspecified atom stereocenters. The normalized spacial score (nSPS) is 20.1. The van der Waals surface area contributed by atoms with Crippen molar-refractivity contribution in [3.63, 3.8) is 0 Å². The highest BCUT2D eigenvalue weighted by Crippen LogP contribution is 2.40. The zero-order chi connectivity index (χ0) is 21.4. The smallest absolute Gasteiger partial charge is 0.316 e. The van der Waals surface area contributed by atoms with Crippen LogP contribution in [0.1, 0.15) is 49.8 Å². The van der Waals surface area contributed by atoms with Crippen LogP contribution >= 0.6 is 11.3 Å². The maximum atomic E-state index is 13.8. The predicted molar refractivity (Wildman–Crippen MR) is 120 cm³/mol. The van der Waals surface area contributed by atoms with Crippen LogP contribution in [0.15, 0.2) is 40.3 Å². The van der Waals surface area contributed by atoms with Crippen LogP contribution in [-0.4, -0.2) is 26.2 Å². The van der Waals surface area contributed by atoms with E-state index in [0.717, 1.165) is 47.3 Å². The summed E-state index contributed by atoms with van der Waals surface area (Å²) in [7, 11) is 0. The van der Waals surface area contributed by atoms with Crippen molar-refractivity contribution in [2.45, 2.75) is 51.5 Å². The zero-order valence-corrected chi connectivity index (χ0v) is 18.3. The molecule has 0 aliphatic heterocycles. The molecule has 0 saturated heterocycles. The van der Waals surface area contributed by atoms with Crippen molar-refractivity contribution in [3.05, 3.63) is 52.9 Å². The standard InChI is InChI=1S/C23H24FN5OS/c1-13-12-31-22(26-13)21-28-29-23(30-21)27-14(2)15-3-5-16(6-4-15)18-9-10-25-20-8-7-17(24)11-19(18)20/h7-12,14-16H,3-6H2,1-2H3,(H,27,29)/t14-,15?,16?/m1/s1. The lowest BCUT2D eigenvalue weighted by Crippen LogP contribution is -2.29. The summed E-state index contributed by atoms with van der Waals surface area (Å²) in [6.45, 7) is 4.11. The number of nitrogens with zero attached hydrogens (tertiary/aromatic N) is 4. The van der Waals surface area contributed by atoms with Gasteiger partial charge in [0.05, 0.1) is 5.52 Å². The van der Waals surface area contributed by atoms with Gasteiger partial charge >= 0.3 is 6.01 Å². The minimum Gasteiger partial charge on any atom is -0.401 e. The molecule has 1 aliphatic carbocycles. The molecular weight excluding hydrogens is 413 g/mol. The van der Waals surface area contributed by atoms with Gasteiger partial charge in [-0.15, -0.1) is 16.4 Å². The Labute approximate surface area is 184 Å².